The number of hydrogen-bond donors (Lipinski definition) is 0. The number of piperidine rings is 1. The number of halogens is 1. The summed E-state index contributed by atoms with van der Waals surface area (Å²) in [5.41, 5.74) is 2.56. The molecule has 0 unspecified atom stereocenters. The van der Waals surface area contributed by atoms with Gasteiger partial charge in [-0.1, -0.05) is 24.3 Å². The summed E-state index contributed by atoms with van der Waals surface area (Å²) < 4.78 is 40.0. The summed E-state index contributed by atoms with van der Waals surface area (Å²) in [4.78, 5) is 14.7. The van der Waals surface area contributed by atoms with E-state index in [9.17, 15) is 17.6 Å². The number of carbonyl (C=O) groups excluding carboxylic acids is 1. The molecule has 2 aliphatic rings. The Morgan fingerprint density at radius 3 is 2.33 bits per heavy atom. The molecule has 5 nitrogen and oxygen atoms in total. The first-order valence-corrected chi connectivity index (χ1v) is 12.0. The third kappa shape index (κ3) is 4.57. The van der Waals surface area contributed by atoms with E-state index in [1.54, 1.807) is 0 Å². The number of rotatable bonds is 5. The van der Waals surface area contributed by atoms with Gasteiger partial charge in [-0.3, -0.25) is 4.79 Å². The smallest absolute Gasteiger partial charge is 0.243 e. The molecular weight excluding hydrogens is 403 g/mol. The van der Waals surface area contributed by atoms with Crippen LogP contribution in [0.25, 0.3) is 0 Å². The lowest BCUT2D eigenvalue weighted by molar-refractivity contribution is -0.132. The molecule has 2 heterocycles. The summed E-state index contributed by atoms with van der Waals surface area (Å²) in [5, 5.41) is 0. The Hall–Kier alpha value is -2.25. The van der Waals surface area contributed by atoms with Crippen LogP contribution in [0.2, 0.25) is 0 Å². The van der Waals surface area contributed by atoms with Crippen LogP contribution in [-0.2, 0) is 27.8 Å². The average molecular weight is 431 g/mol. The molecule has 7 heteroatoms. The number of sulfonamides is 1. The van der Waals surface area contributed by atoms with Gasteiger partial charge in [0.1, 0.15) is 5.82 Å². The predicted molar refractivity (Wildman–Crippen MR) is 113 cm³/mol. The SMILES string of the molecule is O=C(CCC1CCN(S(=O)(=O)c2ccc(F)cc2)CC1)N1CCc2ccccc2C1. The molecule has 0 aromatic heterocycles. The second-order valence-corrected chi connectivity index (χ2v) is 10.1. The molecule has 0 saturated carbocycles. The Morgan fingerprint density at radius 1 is 0.967 bits per heavy atom. The molecule has 0 spiro atoms. The minimum Gasteiger partial charge on any atom is -0.338 e. The molecular formula is C23H27FN2O3S. The third-order valence-corrected chi connectivity index (χ3v) is 8.19. The summed E-state index contributed by atoms with van der Waals surface area (Å²) in [5.74, 6) is 0.0890. The molecule has 1 saturated heterocycles. The number of nitrogens with zero attached hydrogens (tertiary/aromatic N) is 2. The standard InChI is InChI=1S/C23H27FN2O3S/c24-21-6-8-22(9-7-21)30(28,29)26-15-11-18(12-16-26)5-10-23(27)25-14-13-19-3-1-2-4-20(19)17-25/h1-4,6-9,18H,5,10-17H2. The molecule has 2 aromatic rings. The number of carbonyl (C=O) groups is 1. The van der Waals surface area contributed by atoms with Gasteiger partial charge in [0, 0.05) is 32.6 Å². The van der Waals surface area contributed by atoms with Gasteiger partial charge in [0.05, 0.1) is 4.90 Å². The van der Waals surface area contributed by atoms with E-state index in [0.29, 0.717) is 32.0 Å². The Kier molecular flexibility index (Phi) is 6.20. The van der Waals surface area contributed by atoms with E-state index in [1.807, 2.05) is 17.0 Å². The molecule has 2 aliphatic heterocycles. The highest BCUT2D eigenvalue weighted by Gasteiger charge is 2.30. The van der Waals surface area contributed by atoms with E-state index >= 15 is 0 Å². The molecule has 0 bridgehead atoms. The Labute approximate surface area is 177 Å². The van der Waals surface area contributed by atoms with Crippen LogP contribution < -0.4 is 0 Å². The van der Waals surface area contributed by atoms with Crippen molar-refractivity contribution in [2.75, 3.05) is 19.6 Å². The minimum absolute atomic E-state index is 0.128. The maximum atomic E-state index is 13.1. The van der Waals surface area contributed by atoms with E-state index in [0.717, 1.165) is 32.2 Å². The summed E-state index contributed by atoms with van der Waals surface area (Å²) in [6.45, 7) is 2.33. The molecule has 0 aliphatic carbocycles. The maximum Gasteiger partial charge on any atom is 0.243 e. The van der Waals surface area contributed by atoms with E-state index in [2.05, 4.69) is 12.1 Å². The second kappa shape index (κ2) is 8.86. The van der Waals surface area contributed by atoms with Crippen molar-refractivity contribution in [3.8, 4) is 0 Å². The zero-order valence-electron chi connectivity index (χ0n) is 17.0. The van der Waals surface area contributed by atoms with Crippen molar-refractivity contribution >= 4 is 15.9 Å². The third-order valence-electron chi connectivity index (χ3n) is 6.27. The van der Waals surface area contributed by atoms with Crippen molar-refractivity contribution in [2.45, 2.75) is 43.5 Å². The van der Waals surface area contributed by atoms with Gasteiger partial charge in [-0.25, -0.2) is 12.8 Å². The number of benzene rings is 2. The first-order valence-electron chi connectivity index (χ1n) is 10.5. The van der Waals surface area contributed by atoms with Crippen LogP contribution in [0.3, 0.4) is 0 Å². The van der Waals surface area contributed by atoms with Crippen molar-refractivity contribution in [3.05, 3.63) is 65.5 Å². The van der Waals surface area contributed by atoms with Crippen LogP contribution >= 0.6 is 0 Å². The fourth-order valence-corrected chi connectivity index (χ4v) is 5.86. The van der Waals surface area contributed by atoms with E-state index in [4.69, 9.17) is 0 Å². The van der Waals surface area contributed by atoms with Crippen molar-refractivity contribution in [1.82, 2.24) is 9.21 Å². The van der Waals surface area contributed by atoms with Gasteiger partial charge >= 0.3 is 0 Å². The highest BCUT2D eigenvalue weighted by molar-refractivity contribution is 7.89. The maximum absolute atomic E-state index is 13.1. The molecule has 0 N–H and O–H groups in total. The number of hydrogen-bond acceptors (Lipinski definition) is 3. The fourth-order valence-electron chi connectivity index (χ4n) is 4.39. The highest BCUT2D eigenvalue weighted by Crippen LogP contribution is 2.27. The van der Waals surface area contributed by atoms with Crippen LogP contribution in [0, 0.1) is 11.7 Å². The monoisotopic (exact) mass is 430 g/mol. The first kappa shape index (κ1) is 21.0. The zero-order valence-corrected chi connectivity index (χ0v) is 17.8. The number of amides is 1. The minimum atomic E-state index is -3.59. The molecule has 160 valence electrons. The van der Waals surface area contributed by atoms with Gasteiger partial charge in [0.2, 0.25) is 15.9 Å². The van der Waals surface area contributed by atoms with Crippen LogP contribution in [-0.4, -0.2) is 43.2 Å². The molecule has 0 radical (unpaired) electrons. The lowest BCUT2D eigenvalue weighted by Gasteiger charge is -2.32. The second-order valence-electron chi connectivity index (χ2n) is 8.17. The summed E-state index contributed by atoms with van der Waals surface area (Å²) >= 11 is 0. The van der Waals surface area contributed by atoms with Crippen LogP contribution in [0.15, 0.2) is 53.4 Å². The van der Waals surface area contributed by atoms with Gasteiger partial charge in [-0.15, -0.1) is 0 Å². The van der Waals surface area contributed by atoms with Gasteiger partial charge in [0.25, 0.3) is 0 Å². The van der Waals surface area contributed by atoms with E-state index in [1.165, 1.54) is 39.7 Å². The van der Waals surface area contributed by atoms with Gasteiger partial charge in [0.15, 0.2) is 0 Å². The molecule has 1 fully saturated rings. The van der Waals surface area contributed by atoms with Gasteiger partial charge in [-0.05, 0) is 67.0 Å². The summed E-state index contributed by atoms with van der Waals surface area (Å²) in [6.07, 6.45) is 3.70. The Bertz CT molecular complexity index is 999. The van der Waals surface area contributed by atoms with E-state index in [-0.39, 0.29) is 10.8 Å². The van der Waals surface area contributed by atoms with Crippen molar-refractivity contribution in [1.29, 1.82) is 0 Å². The summed E-state index contributed by atoms with van der Waals surface area (Å²) in [6, 6.07) is 13.2. The fraction of sp³-hybridized carbons (Fsp3) is 0.435. The normalized spacial score (nSPS) is 18.2. The van der Waals surface area contributed by atoms with Crippen LogP contribution in [0.1, 0.15) is 36.8 Å². The van der Waals surface area contributed by atoms with Crippen LogP contribution in [0.5, 0.6) is 0 Å². The highest BCUT2D eigenvalue weighted by atomic mass is 32.2. The van der Waals surface area contributed by atoms with Gasteiger partial charge < -0.3 is 4.90 Å². The molecule has 4 rings (SSSR count). The van der Waals surface area contributed by atoms with E-state index < -0.39 is 15.8 Å². The molecule has 30 heavy (non-hydrogen) atoms. The molecule has 2 aromatic carbocycles. The lowest BCUT2D eigenvalue weighted by atomic mass is 9.92. The zero-order chi connectivity index (χ0) is 21.1. The Balaban J connectivity index is 1.26. The van der Waals surface area contributed by atoms with Crippen molar-refractivity contribution in [3.63, 3.8) is 0 Å². The van der Waals surface area contributed by atoms with Crippen molar-refractivity contribution < 1.29 is 17.6 Å². The van der Waals surface area contributed by atoms with Gasteiger partial charge in [-0.2, -0.15) is 4.31 Å². The number of fused-ring (bicyclic) bond motifs is 1. The largest absolute Gasteiger partial charge is 0.338 e. The summed E-state index contributed by atoms with van der Waals surface area (Å²) in [7, 11) is -3.59. The topological polar surface area (TPSA) is 57.7 Å². The average Bonchev–Trinajstić information content (AvgIpc) is 2.77. The van der Waals surface area contributed by atoms with Crippen LogP contribution in [0.4, 0.5) is 4.39 Å². The van der Waals surface area contributed by atoms with Crippen molar-refractivity contribution in [2.24, 2.45) is 5.92 Å². The lowest BCUT2D eigenvalue weighted by Crippen LogP contribution is -2.39. The quantitative estimate of drug-likeness (QED) is 0.728. The first-order chi connectivity index (χ1) is 14.4. The Morgan fingerprint density at radius 2 is 1.63 bits per heavy atom. The predicted octanol–water partition coefficient (Wildman–Crippen LogP) is 3.59. The molecule has 0 atom stereocenters. The molecule has 1 amide bonds.